The van der Waals surface area contributed by atoms with Gasteiger partial charge < -0.3 is 5.73 Å². The summed E-state index contributed by atoms with van der Waals surface area (Å²) < 4.78 is 1.07. The first kappa shape index (κ1) is 13.6. The van der Waals surface area contributed by atoms with Crippen LogP contribution in [-0.4, -0.2) is 9.97 Å². The Morgan fingerprint density at radius 3 is 2.84 bits per heavy atom. The summed E-state index contributed by atoms with van der Waals surface area (Å²) in [4.78, 5) is 0. The van der Waals surface area contributed by atoms with Crippen molar-refractivity contribution in [2.45, 2.75) is 38.1 Å². The van der Waals surface area contributed by atoms with E-state index in [-0.39, 0.29) is 5.54 Å². The van der Waals surface area contributed by atoms with Gasteiger partial charge in [-0.25, -0.2) is 0 Å². The van der Waals surface area contributed by atoms with Gasteiger partial charge in [-0.2, -0.15) is 0 Å². The third-order valence-electron chi connectivity index (χ3n) is 4.78. The minimum Gasteiger partial charge on any atom is -0.325 e. The Labute approximate surface area is 129 Å². The topological polar surface area (TPSA) is 26.0 Å². The van der Waals surface area contributed by atoms with Crippen molar-refractivity contribution < 1.29 is 0 Å². The van der Waals surface area contributed by atoms with Crippen LogP contribution in [0.4, 0.5) is 0 Å². The number of halogens is 1. The lowest BCUT2D eigenvalue weighted by Crippen LogP contribution is -2.41. The van der Waals surface area contributed by atoms with Crippen molar-refractivity contribution in [1.29, 1.82) is 0 Å². The SMILES string of the molecule is C[C@]1(N)CCCC2C3=C/C=C\C(CI)=C/C=C\3C2C1. The standard InChI is InChI=1S/C17H22IN/c1-17(19)9-3-6-14-13-5-2-4-12(11-18)7-8-15(13)16(14)10-17/h2,4-5,7-8,14,16H,3,6,9-11,19H2,1H3/b4-2-,5-2?,8-7?,12-4?,12-7+,13-5-,15-8+/t14?,16?,17-/m0/s1. The molecule has 0 bridgehead atoms. The van der Waals surface area contributed by atoms with E-state index < -0.39 is 0 Å². The molecule has 1 nitrogen and oxygen atoms in total. The van der Waals surface area contributed by atoms with Crippen molar-refractivity contribution >= 4 is 22.6 Å². The van der Waals surface area contributed by atoms with E-state index in [2.05, 4.69) is 59.9 Å². The molecule has 0 radical (unpaired) electrons. The van der Waals surface area contributed by atoms with E-state index in [0.29, 0.717) is 5.92 Å². The molecular weight excluding hydrogens is 345 g/mol. The van der Waals surface area contributed by atoms with Crippen molar-refractivity contribution in [2.24, 2.45) is 17.6 Å². The lowest BCUT2D eigenvalue weighted by Gasteiger charge is -2.44. The molecule has 2 N–H and O–H groups in total. The third kappa shape index (κ3) is 2.62. The first-order chi connectivity index (χ1) is 9.11. The minimum absolute atomic E-state index is 0.0276. The second-order valence-electron chi connectivity index (χ2n) is 6.44. The quantitative estimate of drug-likeness (QED) is 0.543. The Morgan fingerprint density at radius 1 is 1.26 bits per heavy atom. The largest absolute Gasteiger partial charge is 0.325 e. The van der Waals surface area contributed by atoms with Crippen LogP contribution < -0.4 is 5.73 Å². The first-order valence-electron chi connectivity index (χ1n) is 7.25. The molecule has 102 valence electrons. The minimum atomic E-state index is 0.0276. The Bertz CT molecular complexity index is 493. The van der Waals surface area contributed by atoms with Gasteiger partial charge in [-0.3, -0.25) is 0 Å². The van der Waals surface area contributed by atoms with Crippen LogP contribution in [0.25, 0.3) is 0 Å². The van der Waals surface area contributed by atoms with Gasteiger partial charge in [0.25, 0.3) is 0 Å². The second kappa shape index (κ2) is 5.21. The van der Waals surface area contributed by atoms with E-state index in [9.17, 15) is 0 Å². The lowest BCUT2D eigenvalue weighted by atomic mass is 9.61. The maximum atomic E-state index is 6.43. The molecular formula is C17H22IN. The zero-order valence-corrected chi connectivity index (χ0v) is 13.7. The average Bonchev–Trinajstić information content (AvgIpc) is 2.47. The molecule has 2 saturated carbocycles. The van der Waals surface area contributed by atoms with Crippen LogP contribution in [0, 0.1) is 11.8 Å². The molecule has 0 aromatic rings. The van der Waals surface area contributed by atoms with E-state index in [1.807, 2.05) is 0 Å². The number of fused-ring (bicyclic) bond motifs is 4. The van der Waals surface area contributed by atoms with Crippen molar-refractivity contribution in [3.05, 3.63) is 47.1 Å². The molecule has 3 atom stereocenters. The summed E-state index contributed by atoms with van der Waals surface area (Å²) in [5, 5.41) is 0. The van der Waals surface area contributed by atoms with Gasteiger partial charge in [0.15, 0.2) is 0 Å². The molecule has 0 saturated heterocycles. The second-order valence-corrected chi connectivity index (χ2v) is 7.20. The molecule has 19 heavy (non-hydrogen) atoms. The maximum absolute atomic E-state index is 6.43. The van der Waals surface area contributed by atoms with E-state index in [1.165, 1.54) is 24.8 Å². The fourth-order valence-electron chi connectivity index (χ4n) is 3.76. The highest BCUT2D eigenvalue weighted by Crippen LogP contribution is 2.53. The highest BCUT2D eigenvalue weighted by Gasteiger charge is 2.44. The summed E-state index contributed by atoms with van der Waals surface area (Å²) in [7, 11) is 0. The van der Waals surface area contributed by atoms with E-state index in [1.54, 1.807) is 11.1 Å². The normalized spacial score (nSPS) is 47.4. The molecule has 2 heteroatoms. The third-order valence-corrected chi connectivity index (χ3v) is 5.67. The van der Waals surface area contributed by atoms with Crippen LogP contribution in [0.1, 0.15) is 32.6 Å². The number of hydrogen-bond donors (Lipinski definition) is 1. The van der Waals surface area contributed by atoms with Crippen LogP contribution in [0.5, 0.6) is 0 Å². The summed E-state index contributed by atoms with van der Waals surface area (Å²) in [6, 6.07) is 0. The highest BCUT2D eigenvalue weighted by molar-refractivity contribution is 14.1. The number of hydrogen-bond acceptors (Lipinski definition) is 1. The van der Waals surface area contributed by atoms with Gasteiger partial charge in [-0.15, -0.1) is 0 Å². The van der Waals surface area contributed by atoms with Crippen LogP contribution in [-0.2, 0) is 0 Å². The Morgan fingerprint density at radius 2 is 2.05 bits per heavy atom. The lowest BCUT2D eigenvalue weighted by molar-refractivity contribution is 0.297. The molecule has 3 rings (SSSR count). The molecule has 3 aliphatic rings. The number of nitrogens with two attached hydrogens (primary N) is 1. The Hall–Kier alpha value is -0.350. The van der Waals surface area contributed by atoms with E-state index in [4.69, 9.17) is 5.73 Å². The zero-order chi connectivity index (χ0) is 13.5. The molecule has 3 aliphatic carbocycles. The molecule has 2 unspecified atom stereocenters. The summed E-state index contributed by atoms with van der Waals surface area (Å²) in [5.74, 6) is 1.46. The predicted molar refractivity (Wildman–Crippen MR) is 90.3 cm³/mol. The fraction of sp³-hybridized carbons (Fsp3) is 0.529. The van der Waals surface area contributed by atoms with E-state index >= 15 is 0 Å². The van der Waals surface area contributed by atoms with Crippen molar-refractivity contribution in [3.8, 4) is 0 Å². The average molecular weight is 367 g/mol. The number of rotatable bonds is 1. The van der Waals surface area contributed by atoms with Crippen molar-refractivity contribution in [3.63, 3.8) is 0 Å². The zero-order valence-electron chi connectivity index (χ0n) is 11.5. The molecule has 0 aromatic heterocycles. The predicted octanol–water partition coefficient (Wildman–Crippen LogP) is 4.31. The van der Waals surface area contributed by atoms with Gasteiger partial charge in [0, 0.05) is 9.97 Å². The summed E-state index contributed by atoms with van der Waals surface area (Å²) in [6.45, 7) is 2.23. The molecule has 0 aliphatic heterocycles. The Kier molecular flexibility index (Phi) is 3.73. The molecule has 0 aromatic carbocycles. The van der Waals surface area contributed by atoms with Gasteiger partial charge in [0.05, 0.1) is 0 Å². The smallest absolute Gasteiger partial charge is 0.0247 e. The van der Waals surface area contributed by atoms with E-state index in [0.717, 1.165) is 16.8 Å². The van der Waals surface area contributed by atoms with Crippen LogP contribution in [0.3, 0.4) is 0 Å². The van der Waals surface area contributed by atoms with Gasteiger partial charge >= 0.3 is 0 Å². The monoisotopic (exact) mass is 367 g/mol. The van der Waals surface area contributed by atoms with Gasteiger partial charge in [-0.05, 0) is 54.7 Å². The Balaban J connectivity index is 1.91. The van der Waals surface area contributed by atoms with Crippen LogP contribution >= 0.6 is 22.6 Å². The fourth-order valence-corrected chi connectivity index (χ4v) is 4.27. The molecule has 2 fully saturated rings. The van der Waals surface area contributed by atoms with Gasteiger partial charge in [-0.1, -0.05) is 59.4 Å². The van der Waals surface area contributed by atoms with Gasteiger partial charge in [0.1, 0.15) is 0 Å². The molecule has 0 spiro atoms. The van der Waals surface area contributed by atoms with Crippen molar-refractivity contribution in [2.75, 3.05) is 4.43 Å². The molecule has 0 heterocycles. The molecule has 0 amide bonds. The van der Waals surface area contributed by atoms with Crippen molar-refractivity contribution in [1.82, 2.24) is 0 Å². The summed E-state index contributed by atoms with van der Waals surface area (Å²) in [6.07, 6.45) is 16.4. The number of alkyl halides is 1. The first-order valence-corrected chi connectivity index (χ1v) is 8.77. The van der Waals surface area contributed by atoms with Crippen LogP contribution in [0.15, 0.2) is 47.1 Å². The number of allylic oxidation sites excluding steroid dienone is 8. The highest BCUT2D eigenvalue weighted by atomic mass is 127. The van der Waals surface area contributed by atoms with Gasteiger partial charge in [0.2, 0.25) is 0 Å². The summed E-state index contributed by atoms with van der Waals surface area (Å²) >= 11 is 2.43. The van der Waals surface area contributed by atoms with Crippen LogP contribution in [0.2, 0.25) is 0 Å². The summed E-state index contributed by atoms with van der Waals surface area (Å²) in [5.41, 5.74) is 11.0. The maximum Gasteiger partial charge on any atom is 0.0247 e.